The van der Waals surface area contributed by atoms with Crippen molar-refractivity contribution in [2.24, 2.45) is 0 Å². The monoisotopic (exact) mass is 248 g/mol. The molecule has 1 rings (SSSR count). The Balaban J connectivity index is 2.87. The van der Waals surface area contributed by atoms with Crippen LogP contribution >= 0.6 is 0 Å². The molecule has 0 radical (unpaired) electrons. The molecule has 0 fully saturated rings. The fraction of sp³-hybridized carbons (Fsp3) is 0.500. The summed E-state index contributed by atoms with van der Waals surface area (Å²) in [5.74, 6) is 0.830. The summed E-state index contributed by atoms with van der Waals surface area (Å²) in [6.07, 6.45) is 3.78. The number of aryl methyl sites for hydroxylation is 1. The molecule has 0 bridgehead atoms. The van der Waals surface area contributed by atoms with Gasteiger partial charge in [-0.1, -0.05) is 17.7 Å². The molecule has 18 heavy (non-hydrogen) atoms. The lowest BCUT2D eigenvalue weighted by molar-refractivity contribution is 0.0481. The van der Waals surface area contributed by atoms with Crippen LogP contribution in [0.1, 0.15) is 44.7 Å². The minimum atomic E-state index is -0.789. The van der Waals surface area contributed by atoms with Crippen molar-refractivity contribution in [1.82, 2.24) is 0 Å². The van der Waals surface area contributed by atoms with Gasteiger partial charge in [-0.2, -0.15) is 0 Å². The molecule has 1 N–H and O–H groups in total. The van der Waals surface area contributed by atoms with Crippen molar-refractivity contribution >= 4 is 0 Å². The highest BCUT2D eigenvalue weighted by atomic mass is 16.5. The summed E-state index contributed by atoms with van der Waals surface area (Å²) < 4.78 is 5.18. The second kappa shape index (κ2) is 6.05. The molecule has 2 nitrogen and oxygen atoms in total. The van der Waals surface area contributed by atoms with Crippen LogP contribution in [0.3, 0.4) is 0 Å². The van der Waals surface area contributed by atoms with E-state index in [0.717, 1.165) is 29.7 Å². The van der Waals surface area contributed by atoms with Crippen molar-refractivity contribution in [3.8, 4) is 5.75 Å². The fourth-order valence-electron chi connectivity index (χ4n) is 2.14. The van der Waals surface area contributed by atoms with E-state index in [1.807, 2.05) is 32.0 Å². The zero-order valence-electron chi connectivity index (χ0n) is 12.1. The fourth-order valence-corrected chi connectivity index (χ4v) is 2.14. The highest BCUT2D eigenvalue weighted by Crippen LogP contribution is 2.31. The van der Waals surface area contributed by atoms with Crippen molar-refractivity contribution in [3.63, 3.8) is 0 Å². The smallest absolute Gasteiger partial charge is 0.119 e. The zero-order chi connectivity index (χ0) is 13.8. The first-order valence-electron chi connectivity index (χ1n) is 6.37. The van der Waals surface area contributed by atoms with Crippen molar-refractivity contribution in [2.45, 2.75) is 46.1 Å². The molecular formula is C16H24O2. The molecule has 100 valence electrons. The molecule has 0 saturated heterocycles. The third-order valence-electron chi connectivity index (χ3n) is 3.20. The number of ether oxygens (including phenoxy) is 1. The minimum absolute atomic E-state index is 0.728. The molecule has 1 unspecified atom stereocenters. The van der Waals surface area contributed by atoms with Crippen molar-refractivity contribution in [2.75, 3.05) is 7.11 Å². The maximum atomic E-state index is 10.6. The summed E-state index contributed by atoms with van der Waals surface area (Å²) in [5, 5.41) is 10.6. The molecular weight excluding hydrogens is 224 g/mol. The van der Waals surface area contributed by atoms with Crippen LogP contribution in [-0.2, 0) is 5.60 Å². The Morgan fingerprint density at radius 1 is 1.39 bits per heavy atom. The average Bonchev–Trinajstić information content (AvgIpc) is 2.27. The summed E-state index contributed by atoms with van der Waals surface area (Å²) in [6.45, 7) is 8.04. The van der Waals surface area contributed by atoms with Gasteiger partial charge in [0.2, 0.25) is 0 Å². The molecule has 0 aromatic heterocycles. The van der Waals surface area contributed by atoms with Gasteiger partial charge in [-0.3, -0.25) is 0 Å². The van der Waals surface area contributed by atoms with Crippen LogP contribution in [0.4, 0.5) is 0 Å². The summed E-state index contributed by atoms with van der Waals surface area (Å²) in [5.41, 5.74) is 2.54. The molecule has 0 saturated carbocycles. The van der Waals surface area contributed by atoms with Gasteiger partial charge in [0.25, 0.3) is 0 Å². The molecule has 2 heteroatoms. The first-order chi connectivity index (χ1) is 8.36. The third-order valence-corrected chi connectivity index (χ3v) is 3.20. The number of methoxy groups -OCH3 is 1. The lowest BCUT2D eigenvalue weighted by Crippen LogP contribution is -2.22. The molecule has 1 aromatic carbocycles. The Labute approximate surface area is 110 Å². The molecule has 0 heterocycles. The van der Waals surface area contributed by atoms with E-state index in [4.69, 9.17) is 4.74 Å². The predicted molar refractivity (Wildman–Crippen MR) is 76.0 cm³/mol. The number of hydrogen-bond donors (Lipinski definition) is 1. The standard InChI is InChI=1S/C16H24O2/c1-12(2)7-6-10-16(4,17)15-9-8-14(18-5)11-13(15)3/h7-9,11,17H,6,10H2,1-5H3. The SMILES string of the molecule is COc1ccc(C(C)(O)CCC=C(C)C)c(C)c1. The second-order valence-electron chi connectivity index (χ2n) is 5.27. The predicted octanol–water partition coefficient (Wildman–Crippen LogP) is 3.96. The third kappa shape index (κ3) is 3.88. The van der Waals surface area contributed by atoms with Crippen molar-refractivity contribution in [1.29, 1.82) is 0 Å². The molecule has 0 spiro atoms. The maximum absolute atomic E-state index is 10.6. The van der Waals surface area contributed by atoms with Crippen molar-refractivity contribution < 1.29 is 9.84 Å². The summed E-state index contributed by atoms with van der Waals surface area (Å²) in [6, 6.07) is 5.82. The molecule has 0 aliphatic carbocycles. The van der Waals surface area contributed by atoms with E-state index in [-0.39, 0.29) is 0 Å². The molecule has 0 amide bonds. The van der Waals surface area contributed by atoms with Gasteiger partial charge in [0, 0.05) is 0 Å². The minimum Gasteiger partial charge on any atom is -0.497 e. The Kier molecular flexibility index (Phi) is 4.97. The van der Waals surface area contributed by atoms with E-state index < -0.39 is 5.60 Å². The van der Waals surface area contributed by atoms with Crippen molar-refractivity contribution in [3.05, 3.63) is 41.0 Å². The Hall–Kier alpha value is -1.28. The second-order valence-corrected chi connectivity index (χ2v) is 5.27. The summed E-state index contributed by atoms with van der Waals surface area (Å²) in [7, 11) is 1.65. The number of rotatable bonds is 5. The quantitative estimate of drug-likeness (QED) is 0.799. The van der Waals surface area contributed by atoms with Crippen LogP contribution in [0, 0.1) is 6.92 Å². The van der Waals surface area contributed by atoms with Gasteiger partial charge in [-0.15, -0.1) is 0 Å². The van der Waals surface area contributed by atoms with Gasteiger partial charge < -0.3 is 9.84 Å². The lowest BCUT2D eigenvalue weighted by atomic mass is 9.87. The van der Waals surface area contributed by atoms with Crippen LogP contribution in [-0.4, -0.2) is 12.2 Å². The van der Waals surface area contributed by atoms with Gasteiger partial charge in [0.1, 0.15) is 5.75 Å². The Morgan fingerprint density at radius 2 is 2.06 bits per heavy atom. The highest BCUT2D eigenvalue weighted by Gasteiger charge is 2.24. The van der Waals surface area contributed by atoms with E-state index >= 15 is 0 Å². The number of aliphatic hydroxyl groups is 1. The first-order valence-corrected chi connectivity index (χ1v) is 6.37. The molecule has 1 atom stereocenters. The normalized spacial score (nSPS) is 13.9. The van der Waals surface area contributed by atoms with Crippen LogP contribution in [0.2, 0.25) is 0 Å². The zero-order valence-corrected chi connectivity index (χ0v) is 12.1. The van der Waals surface area contributed by atoms with E-state index in [9.17, 15) is 5.11 Å². The van der Waals surface area contributed by atoms with E-state index in [1.54, 1.807) is 7.11 Å². The molecule has 0 aliphatic rings. The largest absolute Gasteiger partial charge is 0.497 e. The Bertz CT molecular complexity index is 427. The number of allylic oxidation sites excluding steroid dienone is 2. The van der Waals surface area contributed by atoms with Gasteiger partial charge in [0.05, 0.1) is 12.7 Å². The number of benzene rings is 1. The van der Waals surface area contributed by atoms with Gasteiger partial charge in [0.15, 0.2) is 0 Å². The van der Waals surface area contributed by atoms with E-state index in [1.165, 1.54) is 5.57 Å². The maximum Gasteiger partial charge on any atom is 0.119 e. The number of hydrogen-bond acceptors (Lipinski definition) is 2. The van der Waals surface area contributed by atoms with Crippen LogP contribution < -0.4 is 4.74 Å². The van der Waals surface area contributed by atoms with Gasteiger partial charge in [-0.05, 0) is 63.8 Å². The summed E-state index contributed by atoms with van der Waals surface area (Å²) >= 11 is 0. The Morgan fingerprint density at radius 3 is 2.56 bits per heavy atom. The van der Waals surface area contributed by atoms with Crippen LogP contribution in [0.5, 0.6) is 5.75 Å². The lowest BCUT2D eigenvalue weighted by Gasteiger charge is -2.25. The highest BCUT2D eigenvalue weighted by molar-refractivity contribution is 5.37. The van der Waals surface area contributed by atoms with Crippen LogP contribution in [0.25, 0.3) is 0 Å². The van der Waals surface area contributed by atoms with E-state index in [0.29, 0.717) is 0 Å². The summed E-state index contributed by atoms with van der Waals surface area (Å²) in [4.78, 5) is 0. The molecule has 1 aromatic rings. The van der Waals surface area contributed by atoms with Gasteiger partial charge >= 0.3 is 0 Å². The molecule has 0 aliphatic heterocycles. The average molecular weight is 248 g/mol. The van der Waals surface area contributed by atoms with Gasteiger partial charge in [-0.25, -0.2) is 0 Å². The first kappa shape index (κ1) is 14.8. The van der Waals surface area contributed by atoms with Crippen LogP contribution in [0.15, 0.2) is 29.8 Å². The van der Waals surface area contributed by atoms with E-state index in [2.05, 4.69) is 19.9 Å². The topological polar surface area (TPSA) is 29.5 Å².